The number of aromatic nitrogens is 1. The molecule has 0 spiro atoms. The van der Waals surface area contributed by atoms with Crippen molar-refractivity contribution in [3.63, 3.8) is 0 Å². The van der Waals surface area contributed by atoms with Gasteiger partial charge in [0, 0.05) is 48.9 Å². The molecule has 2 aromatic rings. The van der Waals surface area contributed by atoms with Gasteiger partial charge in [0.15, 0.2) is 5.82 Å². The third-order valence-corrected chi connectivity index (χ3v) is 4.16. The average Bonchev–Trinajstić information content (AvgIpc) is 2.99. The number of rotatable bonds is 5. The molecule has 0 saturated carbocycles. The highest BCUT2D eigenvalue weighted by Crippen LogP contribution is 2.29. The molecule has 1 aliphatic rings. The summed E-state index contributed by atoms with van der Waals surface area (Å²) in [6.07, 6.45) is 2.93. The Balaban J connectivity index is 1.89. The topological polar surface area (TPSA) is 78.1 Å². The lowest BCUT2D eigenvalue weighted by Gasteiger charge is -2.10. The van der Waals surface area contributed by atoms with Crippen LogP contribution in [0.4, 0.5) is 10.2 Å². The Bertz CT molecular complexity index is 837. The summed E-state index contributed by atoms with van der Waals surface area (Å²) in [5, 5.41) is 21.9. The normalized spacial score (nSPS) is 13.8. The van der Waals surface area contributed by atoms with Crippen molar-refractivity contribution in [2.75, 3.05) is 6.61 Å². The number of hydrogen-bond donors (Lipinski definition) is 2. The lowest BCUT2D eigenvalue weighted by atomic mass is 9.96. The van der Waals surface area contributed by atoms with Gasteiger partial charge < -0.3 is 10.3 Å². The number of aliphatic hydroxyl groups excluding tert-OH is 1. The standard InChI is InChI=1S/C17H15ClFN3O2/c18-14-7-10(1-2-15(14)19)8-16(22-24)12-3-5-20-17-13(12)9-11(21-17)4-6-23/h1-3,5,7,23-24H,4,6,8-9H2/b22-16+. The molecule has 5 nitrogen and oxygen atoms in total. The summed E-state index contributed by atoms with van der Waals surface area (Å²) in [6.45, 7) is 0.0250. The molecule has 1 aromatic carbocycles. The molecule has 24 heavy (non-hydrogen) atoms. The summed E-state index contributed by atoms with van der Waals surface area (Å²) in [5.41, 5.74) is 3.60. The molecule has 0 radical (unpaired) electrons. The van der Waals surface area contributed by atoms with Crippen molar-refractivity contribution in [2.45, 2.75) is 19.3 Å². The molecule has 2 N–H and O–H groups in total. The van der Waals surface area contributed by atoms with E-state index in [-0.39, 0.29) is 11.6 Å². The second-order valence-corrected chi connectivity index (χ2v) is 5.87. The van der Waals surface area contributed by atoms with Gasteiger partial charge in [-0.25, -0.2) is 14.4 Å². The van der Waals surface area contributed by atoms with Crippen LogP contribution >= 0.6 is 11.6 Å². The molecular weight excluding hydrogens is 333 g/mol. The Kier molecular flexibility index (Phi) is 4.87. The molecule has 0 atom stereocenters. The van der Waals surface area contributed by atoms with Gasteiger partial charge in [0.05, 0.1) is 10.7 Å². The summed E-state index contributed by atoms with van der Waals surface area (Å²) in [7, 11) is 0. The summed E-state index contributed by atoms with van der Waals surface area (Å²) >= 11 is 5.80. The second-order valence-electron chi connectivity index (χ2n) is 5.46. The first-order valence-corrected chi connectivity index (χ1v) is 7.80. The van der Waals surface area contributed by atoms with Crippen LogP contribution in [0.2, 0.25) is 5.02 Å². The fourth-order valence-corrected chi connectivity index (χ4v) is 2.92. The first-order chi connectivity index (χ1) is 11.6. The molecule has 0 saturated heterocycles. The maximum absolute atomic E-state index is 13.3. The Morgan fingerprint density at radius 3 is 2.88 bits per heavy atom. The molecule has 3 rings (SSSR count). The zero-order valence-corrected chi connectivity index (χ0v) is 13.5. The van der Waals surface area contributed by atoms with E-state index in [1.54, 1.807) is 18.3 Å². The van der Waals surface area contributed by atoms with Gasteiger partial charge in [0.25, 0.3) is 0 Å². The fourth-order valence-electron chi connectivity index (χ4n) is 2.72. The molecule has 1 aromatic heterocycles. The van der Waals surface area contributed by atoms with Crippen molar-refractivity contribution in [1.82, 2.24) is 4.98 Å². The van der Waals surface area contributed by atoms with Gasteiger partial charge in [0.1, 0.15) is 5.82 Å². The van der Waals surface area contributed by atoms with E-state index < -0.39 is 5.82 Å². The summed E-state index contributed by atoms with van der Waals surface area (Å²) < 4.78 is 13.3. The Hall–Kier alpha value is -2.31. The molecule has 0 fully saturated rings. The van der Waals surface area contributed by atoms with Crippen LogP contribution in [0.15, 0.2) is 40.6 Å². The van der Waals surface area contributed by atoms with Gasteiger partial charge >= 0.3 is 0 Å². The summed E-state index contributed by atoms with van der Waals surface area (Å²) in [4.78, 5) is 8.62. The van der Waals surface area contributed by atoms with Gasteiger partial charge in [-0.2, -0.15) is 0 Å². The zero-order chi connectivity index (χ0) is 17.1. The Labute approximate surface area is 143 Å². The van der Waals surface area contributed by atoms with Crippen molar-refractivity contribution >= 4 is 28.8 Å². The highest BCUT2D eigenvalue weighted by molar-refractivity contribution is 6.30. The van der Waals surface area contributed by atoms with Crippen LogP contribution < -0.4 is 0 Å². The minimum Gasteiger partial charge on any atom is -0.411 e. The van der Waals surface area contributed by atoms with Crippen LogP contribution in [0.3, 0.4) is 0 Å². The lowest BCUT2D eigenvalue weighted by Crippen LogP contribution is -2.10. The van der Waals surface area contributed by atoms with Gasteiger partial charge in [0.2, 0.25) is 0 Å². The van der Waals surface area contributed by atoms with E-state index in [0.717, 1.165) is 22.4 Å². The van der Waals surface area contributed by atoms with Gasteiger partial charge in [-0.1, -0.05) is 22.8 Å². The van der Waals surface area contributed by atoms with E-state index in [0.29, 0.717) is 30.8 Å². The number of aliphatic imine (C=N–C) groups is 1. The minimum absolute atomic E-state index is 0.0250. The highest BCUT2D eigenvalue weighted by atomic mass is 35.5. The third-order valence-electron chi connectivity index (χ3n) is 3.87. The van der Waals surface area contributed by atoms with Crippen LogP contribution in [-0.4, -0.2) is 33.3 Å². The van der Waals surface area contributed by atoms with Crippen molar-refractivity contribution in [1.29, 1.82) is 0 Å². The monoisotopic (exact) mass is 347 g/mol. The smallest absolute Gasteiger partial charge is 0.155 e. The molecule has 7 heteroatoms. The van der Waals surface area contributed by atoms with Gasteiger partial charge in [-0.15, -0.1) is 0 Å². The molecular formula is C17H15ClFN3O2. The van der Waals surface area contributed by atoms with E-state index in [4.69, 9.17) is 16.7 Å². The number of oxime groups is 1. The minimum atomic E-state index is -0.491. The highest BCUT2D eigenvalue weighted by Gasteiger charge is 2.22. The first-order valence-electron chi connectivity index (χ1n) is 7.42. The molecule has 0 bridgehead atoms. The molecule has 124 valence electrons. The first kappa shape index (κ1) is 16.5. The van der Waals surface area contributed by atoms with Crippen molar-refractivity contribution in [3.8, 4) is 0 Å². The predicted octanol–water partition coefficient (Wildman–Crippen LogP) is 3.31. The number of hydrogen-bond acceptors (Lipinski definition) is 5. The molecule has 0 amide bonds. The SMILES string of the molecule is OCCC1=Nc2nccc(/C(Cc3ccc(F)c(Cl)c3)=N/O)c2C1. The van der Waals surface area contributed by atoms with E-state index in [1.807, 2.05) is 0 Å². The summed E-state index contributed by atoms with van der Waals surface area (Å²) in [6, 6.07) is 6.15. The quantitative estimate of drug-likeness (QED) is 0.495. The van der Waals surface area contributed by atoms with E-state index in [1.165, 1.54) is 12.1 Å². The molecule has 2 heterocycles. The maximum atomic E-state index is 13.3. The lowest BCUT2D eigenvalue weighted by molar-refractivity contribution is 0.307. The van der Waals surface area contributed by atoms with Crippen LogP contribution in [0.25, 0.3) is 0 Å². The van der Waals surface area contributed by atoms with Crippen LogP contribution in [0.5, 0.6) is 0 Å². The van der Waals surface area contributed by atoms with Crippen LogP contribution in [0, 0.1) is 5.82 Å². The van der Waals surface area contributed by atoms with E-state index in [2.05, 4.69) is 15.1 Å². The molecule has 0 unspecified atom stereocenters. The summed E-state index contributed by atoms with van der Waals surface area (Å²) in [5.74, 6) is 0.0870. The maximum Gasteiger partial charge on any atom is 0.155 e. The molecule has 1 aliphatic heterocycles. The largest absolute Gasteiger partial charge is 0.411 e. The van der Waals surface area contributed by atoms with Crippen molar-refractivity contribution < 1.29 is 14.7 Å². The van der Waals surface area contributed by atoms with Crippen LogP contribution in [-0.2, 0) is 12.8 Å². The van der Waals surface area contributed by atoms with E-state index >= 15 is 0 Å². The number of pyridine rings is 1. The van der Waals surface area contributed by atoms with Crippen molar-refractivity contribution in [2.24, 2.45) is 10.1 Å². The zero-order valence-electron chi connectivity index (χ0n) is 12.7. The molecule has 0 aliphatic carbocycles. The number of aliphatic hydroxyl groups is 1. The fraction of sp³-hybridized carbons (Fsp3) is 0.235. The Morgan fingerprint density at radius 2 is 2.17 bits per heavy atom. The third kappa shape index (κ3) is 3.29. The van der Waals surface area contributed by atoms with E-state index in [9.17, 15) is 9.60 Å². The van der Waals surface area contributed by atoms with Gasteiger partial charge in [-0.05, 0) is 23.8 Å². The number of fused-ring (bicyclic) bond motifs is 1. The number of nitrogens with zero attached hydrogens (tertiary/aromatic N) is 3. The second kappa shape index (κ2) is 7.07. The van der Waals surface area contributed by atoms with Crippen molar-refractivity contribution in [3.05, 3.63) is 58.0 Å². The van der Waals surface area contributed by atoms with Crippen LogP contribution in [0.1, 0.15) is 23.1 Å². The Morgan fingerprint density at radius 1 is 1.33 bits per heavy atom. The predicted molar refractivity (Wildman–Crippen MR) is 90.2 cm³/mol. The average molecular weight is 348 g/mol. The number of benzene rings is 1. The number of halogens is 2. The van der Waals surface area contributed by atoms with Gasteiger partial charge in [-0.3, -0.25) is 0 Å².